The van der Waals surface area contributed by atoms with Gasteiger partial charge in [0.05, 0.1) is 22.7 Å². The molecule has 0 aliphatic carbocycles. The molecule has 0 atom stereocenters. The standard InChI is InChI=1S/C21H25F3N2O3S/c1-2-3-5-13-20(27)25-14-15-26(30(28,29)19-11-6-4-7-12-19)18-10-8-9-17(16-18)21(22,23)24/h4,6-12,16H,2-3,5,13-15H2,1H3,(H,25,27). The summed E-state index contributed by atoms with van der Waals surface area (Å²) in [7, 11) is -4.12. The van der Waals surface area contributed by atoms with Crippen LogP contribution in [0.3, 0.4) is 0 Å². The molecule has 1 N–H and O–H groups in total. The monoisotopic (exact) mass is 442 g/mol. The molecular weight excluding hydrogens is 417 g/mol. The molecule has 0 aromatic heterocycles. The number of hydrogen-bond donors (Lipinski definition) is 1. The molecule has 30 heavy (non-hydrogen) atoms. The van der Waals surface area contributed by atoms with Gasteiger partial charge in [0.2, 0.25) is 5.91 Å². The molecule has 2 aromatic rings. The number of sulfonamides is 1. The molecule has 2 aromatic carbocycles. The summed E-state index contributed by atoms with van der Waals surface area (Å²) < 4.78 is 66.5. The zero-order chi connectivity index (χ0) is 22.2. The molecule has 2 rings (SSSR count). The lowest BCUT2D eigenvalue weighted by Crippen LogP contribution is -2.38. The maximum atomic E-state index is 13.1. The Hall–Kier alpha value is -2.55. The molecule has 0 saturated heterocycles. The minimum absolute atomic E-state index is 0.0206. The summed E-state index contributed by atoms with van der Waals surface area (Å²) in [5.74, 6) is -0.218. The van der Waals surface area contributed by atoms with E-state index in [2.05, 4.69) is 5.32 Å². The first-order chi connectivity index (χ1) is 14.2. The van der Waals surface area contributed by atoms with Crippen LogP contribution in [-0.2, 0) is 21.0 Å². The van der Waals surface area contributed by atoms with Crippen LogP contribution >= 0.6 is 0 Å². The van der Waals surface area contributed by atoms with Crippen molar-refractivity contribution in [2.45, 2.75) is 43.7 Å². The highest BCUT2D eigenvalue weighted by atomic mass is 32.2. The Morgan fingerprint density at radius 2 is 1.73 bits per heavy atom. The average molecular weight is 443 g/mol. The zero-order valence-electron chi connectivity index (χ0n) is 16.7. The molecule has 164 valence electrons. The molecule has 0 heterocycles. The van der Waals surface area contributed by atoms with Gasteiger partial charge in [-0.2, -0.15) is 13.2 Å². The predicted octanol–water partition coefficient (Wildman–Crippen LogP) is 4.60. The SMILES string of the molecule is CCCCCC(=O)NCCN(c1cccc(C(F)(F)F)c1)S(=O)(=O)c1ccccc1. The summed E-state index contributed by atoms with van der Waals surface area (Å²) in [6, 6.07) is 11.6. The van der Waals surface area contributed by atoms with Gasteiger partial charge in [0, 0.05) is 13.0 Å². The van der Waals surface area contributed by atoms with Crippen LogP contribution in [0.2, 0.25) is 0 Å². The van der Waals surface area contributed by atoms with E-state index in [1.807, 2.05) is 6.92 Å². The van der Waals surface area contributed by atoms with Crippen molar-refractivity contribution in [3.63, 3.8) is 0 Å². The summed E-state index contributed by atoms with van der Waals surface area (Å²) in [6.45, 7) is 1.80. The third kappa shape index (κ3) is 6.48. The Kier molecular flexibility index (Phi) is 8.28. The second-order valence-corrected chi connectivity index (χ2v) is 8.61. The maximum absolute atomic E-state index is 13.1. The Morgan fingerprint density at radius 3 is 2.37 bits per heavy atom. The van der Waals surface area contributed by atoms with Gasteiger partial charge in [0.25, 0.3) is 10.0 Å². The molecule has 0 saturated carbocycles. The van der Waals surface area contributed by atoms with Crippen LogP contribution in [0, 0.1) is 0 Å². The highest BCUT2D eigenvalue weighted by Gasteiger charge is 2.32. The number of rotatable bonds is 10. The Balaban J connectivity index is 2.27. The largest absolute Gasteiger partial charge is 0.416 e. The van der Waals surface area contributed by atoms with Crippen molar-refractivity contribution in [3.8, 4) is 0 Å². The molecule has 0 fully saturated rings. The summed E-state index contributed by atoms with van der Waals surface area (Å²) in [6.07, 6.45) is -1.69. The van der Waals surface area contributed by atoms with E-state index in [1.165, 1.54) is 30.3 Å². The first-order valence-electron chi connectivity index (χ1n) is 9.68. The van der Waals surface area contributed by atoms with Crippen LogP contribution in [-0.4, -0.2) is 27.4 Å². The van der Waals surface area contributed by atoms with Crippen molar-refractivity contribution in [3.05, 3.63) is 60.2 Å². The van der Waals surface area contributed by atoms with Crippen molar-refractivity contribution in [1.82, 2.24) is 5.32 Å². The van der Waals surface area contributed by atoms with Gasteiger partial charge in [0.15, 0.2) is 0 Å². The molecule has 0 aliphatic rings. The fourth-order valence-corrected chi connectivity index (χ4v) is 4.34. The molecule has 1 amide bonds. The second kappa shape index (κ2) is 10.5. The van der Waals surface area contributed by atoms with E-state index in [4.69, 9.17) is 0 Å². The van der Waals surface area contributed by atoms with E-state index >= 15 is 0 Å². The van der Waals surface area contributed by atoms with E-state index in [1.54, 1.807) is 6.07 Å². The van der Waals surface area contributed by atoms with Gasteiger partial charge in [-0.1, -0.05) is 44.0 Å². The Morgan fingerprint density at radius 1 is 1.03 bits per heavy atom. The van der Waals surface area contributed by atoms with E-state index in [9.17, 15) is 26.4 Å². The molecular formula is C21H25F3N2O3S. The minimum Gasteiger partial charge on any atom is -0.354 e. The van der Waals surface area contributed by atoms with Crippen LogP contribution in [0.25, 0.3) is 0 Å². The highest BCUT2D eigenvalue weighted by molar-refractivity contribution is 7.92. The number of alkyl halides is 3. The molecule has 5 nitrogen and oxygen atoms in total. The van der Waals surface area contributed by atoms with E-state index in [-0.39, 0.29) is 29.6 Å². The number of unbranched alkanes of at least 4 members (excludes halogenated alkanes) is 2. The fourth-order valence-electron chi connectivity index (χ4n) is 2.87. The van der Waals surface area contributed by atoms with Gasteiger partial charge in [-0.15, -0.1) is 0 Å². The molecule has 0 aliphatic heterocycles. The zero-order valence-corrected chi connectivity index (χ0v) is 17.5. The topological polar surface area (TPSA) is 66.5 Å². The number of halogens is 3. The average Bonchev–Trinajstić information content (AvgIpc) is 2.71. The summed E-state index contributed by atoms with van der Waals surface area (Å²) in [5, 5.41) is 2.64. The Labute approximate surface area is 175 Å². The number of benzene rings is 2. The third-order valence-corrected chi connectivity index (χ3v) is 6.28. The molecule has 0 spiro atoms. The maximum Gasteiger partial charge on any atom is 0.416 e. The quantitative estimate of drug-likeness (QED) is 0.547. The van der Waals surface area contributed by atoms with Crippen LogP contribution < -0.4 is 9.62 Å². The van der Waals surface area contributed by atoms with Crippen molar-refractivity contribution >= 4 is 21.6 Å². The van der Waals surface area contributed by atoms with Gasteiger partial charge in [0.1, 0.15) is 0 Å². The summed E-state index contributed by atoms with van der Waals surface area (Å²) >= 11 is 0. The first kappa shape index (κ1) is 23.7. The highest BCUT2D eigenvalue weighted by Crippen LogP contribution is 2.33. The summed E-state index contributed by atoms with van der Waals surface area (Å²) in [4.78, 5) is 11.9. The van der Waals surface area contributed by atoms with Crippen molar-refractivity contribution in [1.29, 1.82) is 0 Å². The van der Waals surface area contributed by atoms with Crippen LogP contribution in [0.5, 0.6) is 0 Å². The number of hydrogen-bond acceptors (Lipinski definition) is 3. The molecule has 0 bridgehead atoms. The van der Waals surface area contributed by atoms with Gasteiger partial charge >= 0.3 is 6.18 Å². The first-order valence-corrected chi connectivity index (χ1v) is 11.1. The minimum atomic E-state index is -4.61. The van der Waals surface area contributed by atoms with Crippen molar-refractivity contribution in [2.24, 2.45) is 0 Å². The second-order valence-electron chi connectivity index (χ2n) is 6.75. The number of amides is 1. The van der Waals surface area contributed by atoms with Crippen LogP contribution in [0.15, 0.2) is 59.5 Å². The molecule has 0 unspecified atom stereocenters. The summed E-state index contributed by atoms with van der Waals surface area (Å²) in [5.41, 5.74) is -1.06. The van der Waals surface area contributed by atoms with Gasteiger partial charge in [-0.3, -0.25) is 9.10 Å². The number of nitrogens with zero attached hydrogens (tertiary/aromatic N) is 1. The fraction of sp³-hybridized carbons (Fsp3) is 0.381. The normalized spacial score (nSPS) is 11.9. The van der Waals surface area contributed by atoms with Gasteiger partial charge in [-0.25, -0.2) is 8.42 Å². The number of carbonyl (C=O) groups is 1. The predicted molar refractivity (Wildman–Crippen MR) is 110 cm³/mol. The smallest absolute Gasteiger partial charge is 0.354 e. The lowest BCUT2D eigenvalue weighted by atomic mass is 10.2. The van der Waals surface area contributed by atoms with E-state index in [0.717, 1.165) is 41.8 Å². The van der Waals surface area contributed by atoms with Crippen molar-refractivity contribution in [2.75, 3.05) is 17.4 Å². The number of carbonyl (C=O) groups excluding carboxylic acids is 1. The third-order valence-electron chi connectivity index (χ3n) is 4.44. The Bertz CT molecular complexity index is 932. The van der Waals surface area contributed by atoms with E-state index < -0.39 is 21.8 Å². The lowest BCUT2D eigenvalue weighted by molar-refractivity contribution is -0.137. The van der Waals surface area contributed by atoms with Crippen LogP contribution in [0.4, 0.5) is 18.9 Å². The van der Waals surface area contributed by atoms with Crippen LogP contribution in [0.1, 0.15) is 38.2 Å². The van der Waals surface area contributed by atoms with Gasteiger partial charge in [-0.05, 0) is 36.8 Å². The number of nitrogens with one attached hydrogen (secondary N) is 1. The molecule has 9 heteroatoms. The van der Waals surface area contributed by atoms with Gasteiger partial charge < -0.3 is 5.32 Å². The molecule has 0 radical (unpaired) electrons. The van der Waals surface area contributed by atoms with Crippen molar-refractivity contribution < 1.29 is 26.4 Å². The van der Waals surface area contributed by atoms with E-state index in [0.29, 0.717) is 6.42 Å². The number of anilines is 1. The lowest BCUT2D eigenvalue weighted by Gasteiger charge is -2.25.